The van der Waals surface area contributed by atoms with Gasteiger partial charge in [-0.1, -0.05) is 19.9 Å². The molecule has 3 rings (SSSR count). The minimum Gasteiger partial charge on any atom is -0.394 e. The number of ether oxygens (including phenoxy) is 2. The quantitative estimate of drug-likeness (QED) is 0.0248. The van der Waals surface area contributed by atoms with Crippen molar-refractivity contribution < 1.29 is 66.6 Å². The first-order chi connectivity index (χ1) is 32.8. The third-order valence-electron chi connectivity index (χ3n) is 11.1. The number of thiol groups is 1. The Hall–Kier alpha value is -4.65. The summed E-state index contributed by atoms with van der Waals surface area (Å²) < 4.78 is 33.9. The molecule has 3 heterocycles. The lowest BCUT2D eigenvalue weighted by molar-refractivity contribution is -0.140. The fraction of sp³-hybridized carbons (Fsp3) is 0.659. The van der Waals surface area contributed by atoms with Crippen LogP contribution in [-0.4, -0.2) is 160 Å². The minimum absolute atomic E-state index is 0.00151. The number of aromatic amines is 1. The van der Waals surface area contributed by atoms with Crippen molar-refractivity contribution in [2.24, 2.45) is 29.2 Å². The van der Waals surface area contributed by atoms with Gasteiger partial charge in [-0.3, -0.25) is 47.6 Å². The lowest BCUT2D eigenvalue weighted by atomic mass is 9.89. The van der Waals surface area contributed by atoms with Crippen LogP contribution in [0.5, 0.6) is 0 Å². The summed E-state index contributed by atoms with van der Waals surface area (Å²) in [5, 5.41) is 18.2. The number of aryl methyl sites for hydroxylation is 1. The van der Waals surface area contributed by atoms with Gasteiger partial charge < -0.3 is 56.8 Å². The highest BCUT2D eigenvalue weighted by Crippen LogP contribution is 2.46. The number of primary amides is 1. The van der Waals surface area contributed by atoms with Crippen LogP contribution < -0.4 is 27.4 Å². The monoisotopic (exact) mass is 1010 g/mol. The zero-order chi connectivity index (χ0) is 50.9. The number of aliphatic hydroxyl groups is 1. The average Bonchev–Trinajstić information content (AvgIpc) is 4.03. The molecule has 0 aromatic carbocycles. The van der Waals surface area contributed by atoms with Crippen molar-refractivity contribution in [2.45, 2.75) is 109 Å². The first kappa shape index (κ1) is 58.7. The van der Waals surface area contributed by atoms with Gasteiger partial charge in [0.2, 0.25) is 29.5 Å². The van der Waals surface area contributed by atoms with E-state index in [1.165, 1.54) is 24.3 Å². The second kappa shape index (κ2) is 30.8. The Morgan fingerprint density at radius 2 is 1.71 bits per heavy atom. The Labute approximate surface area is 407 Å². The average molecular weight is 1010 g/mol. The highest BCUT2D eigenvalue weighted by atomic mass is 32.1. The number of phosphoric acid groups is 1. The largest absolute Gasteiger partial charge is 0.472 e. The smallest absolute Gasteiger partial charge is 0.394 e. The van der Waals surface area contributed by atoms with Crippen LogP contribution in [0.2, 0.25) is 0 Å². The molecule has 0 spiro atoms. The topological polar surface area (TPSA) is 347 Å². The molecular formula is C44H70N9O14PS. The van der Waals surface area contributed by atoms with Crippen LogP contribution >= 0.6 is 20.5 Å². The Morgan fingerprint density at radius 1 is 0.986 bits per heavy atom. The fourth-order valence-electron chi connectivity index (χ4n) is 7.41. The van der Waals surface area contributed by atoms with E-state index in [4.69, 9.17) is 30.0 Å². The molecule has 69 heavy (non-hydrogen) atoms. The van der Waals surface area contributed by atoms with Crippen molar-refractivity contribution >= 4 is 61.6 Å². The van der Waals surface area contributed by atoms with E-state index < -0.39 is 98.7 Å². The molecule has 2 aromatic heterocycles. The number of H-pyrrole nitrogens is 1. The number of aromatic nitrogens is 3. The van der Waals surface area contributed by atoms with E-state index in [1.807, 2.05) is 13.8 Å². The number of hydrogen-bond acceptors (Lipinski definition) is 17. The van der Waals surface area contributed by atoms with Crippen LogP contribution in [0.1, 0.15) is 77.1 Å². The first-order valence-electron chi connectivity index (χ1n) is 23.0. The number of nitrogens with two attached hydrogens (primary N) is 2. The number of phosphoric ester groups is 1. The molecule has 1 aliphatic rings. The molecule has 1 unspecified atom stereocenters. The van der Waals surface area contributed by atoms with Gasteiger partial charge in [-0.05, 0) is 57.1 Å². The van der Waals surface area contributed by atoms with Gasteiger partial charge in [-0.2, -0.15) is 12.6 Å². The third kappa shape index (κ3) is 21.5. The van der Waals surface area contributed by atoms with Crippen molar-refractivity contribution in [1.82, 2.24) is 35.8 Å². The van der Waals surface area contributed by atoms with Crippen LogP contribution in [0, 0.1) is 17.8 Å². The molecule has 0 saturated carbocycles. The first-order valence-corrected chi connectivity index (χ1v) is 25.2. The number of aliphatic hydroxyl groups excluding tert-OH is 1. The molecule has 10 N–H and O–H groups in total. The van der Waals surface area contributed by atoms with E-state index in [2.05, 4.69) is 43.5 Å². The van der Waals surface area contributed by atoms with Crippen LogP contribution in [-0.2, 0) is 69.5 Å². The predicted molar refractivity (Wildman–Crippen MR) is 253 cm³/mol. The maximum Gasteiger partial charge on any atom is 0.472 e. The van der Waals surface area contributed by atoms with Crippen molar-refractivity contribution in [1.29, 1.82) is 0 Å². The van der Waals surface area contributed by atoms with E-state index in [0.29, 0.717) is 37.9 Å². The molecule has 1 fully saturated rings. The van der Waals surface area contributed by atoms with E-state index in [1.54, 1.807) is 24.4 Å². The Kier molecular flexibility index (Phi) is 26.2. The lowest BCUT2D eigenvalue weighted by Crippen LogP contribution is -2.52. The number of likely N-dealkylation sites (tertiary alicyclic amines) is 1. The zero-order valence-electron chi connectivity index (χ0n) is 39.5. The van der Waals surface area contributed by atoms with Crippen molar-refractivity contribution in [3.05, 3.63) is 48.3 Å². The molecule has 8 atom stereocenters. The van der Waals surface area contributed by atoms with E-state index >= 15 is 0 Å². The molecular weight excluding hydrogens is 942 g/mol. The SMILES string of the molecule is CC(C)C[C@H](NC(=O)[C@@H]1CCCN1C(=O)CCOCCOCCNC(=O)[C@@H](N)CS)C(=O)C[C@@H](Cc1cnc[nH]1)C(=O)N[C@@H](CO)C(=O)C[C@H](C(N)=O)[C@@H](C)OP(=O)(O)OCCCc1ccccn1. The van der Waals surface area contributed by atoms with Gasteiger partial charge in [0.15, 0.2) is 11.6 Å². The standard InChI is InChI=1S/C44H70N9O14PS/c1-28(2)20-35(51-44(61)37-10-6-14-53(37)40(57)11-16-64-18-19-65-17-13-49-43(60)34(45)26-69)38(55)22-30(21-32-24-47-27-50-32)42(59)52-36(25-54)39(56)23-33(41(46)58)29(3)67-68(62,63)66-15-7-9-31-8-4-5-12-48-31/h4-5,8,12,24,27-30,33-37,54,69H,6-7,9-11,13-23,25-26,45H2,1-3H3,(H2,46,58)(H,47,50)(H,49,60)(H,51,61)(H,52,59)(H,62,63)/t29-,30-,33+,34+,35+,36+,37+/m1/s1. The Morgan fingerprint density at radius 3 is 2.35 bits per heavy atom. The molecule has 1 saturated heterocycles. The number of rotatable bonds is 35. The maximum absolute atomic E-state index is 14.1. The molecule has 0 bridgehead atoms. The minimum atomic E-state index is -4.73. The Bertz CT molecular complexity index is 1990. The van der Waals surface area contributed by atoms with Crippen molar-refractivity contribution in [2.75, 3.05) is 58.5 Å². The summed E-state index contributed by atoms with van der Waals surface area (Å²) in [6.07, 6.45) is 3.78. The number of pyridine rings is 1. The van der Waals surface area contributed by atoms with Gasteiger partial charge in [0.05, 0.1) is 82.4 Å². The van der Waals surface area contributed by atoms with E-state index in [0.717, 1.165) is 5.69 Å². The summed E-state index contributed by atoms with van der Waals surface area (Å²) in [5.41, 5.74) is 12.4. The zero-order valence-corrected chi connectivity index (χ0v) is 41.3. The van der Waals surface area contributed by atoms with Gasteiger partial charge >= 0.3 is 7.82 Å². The van der Waals surface area contributed by atoms with Gasteiger partial charge in [0, 0.05) is 61.9 Å². The van der Waals surface area contributed by atoms with Crippen LogP contribution in [0.15, 0.2) is 36.9 Å². The van der Waals surface area contributed by atoms with E-state index in [9.17, 15) is 48.1 Å². The molecule has 25 heteroatoms. The Balaban J connectivity index is 1.59. The number of nitrogens with zero attached hydrogens (tertiary/aromatic N) is 3. The van der Waals surface area contributed by atoms with Crippen LogP contribution in [0.4, 0.5) is 0 Å². The maximum atomic E-state index is 14.1. The fourth-order valence-corrected chi connectivity index (χ4v) is 8.56. The highest BCUT2D eigenvalue weighted by molar-refractivity contribution is 7.80. The second-order valence-corrected chi connectivity index (χ2v) is 18.9. The molecule has 5 amide bonds. The summed E-state index contributed by atoms with van der Waals surface area (Å²) >= 11 is 3.98. The van der Waals surface area contributed by atoms with E-state index in [-0.39, 0.29) is 82.3 Å². The number of hydrogen-bond donors (Lipinski definition) is 9. The number of ketones is 2. The van der Waals surface area contributed by atoms with Gasteiger partial charge in [0.25, 0.3) is 0 Å². The number of carbonyl (C=O) groups is 7. The third-order valence-corrected chi connectivity index (χ3v) is 12.6. The predicted octanol–water partition coefficient (Wildman–Crippen LogP) is -0.0662. The second-order valence-electron chi connectivity index (χ2n) is 17.1. The normalized spacial score (nSPS) is 17.2. The van der Waals surface area contributed by atoms with Crippen molar-refractivity contribution in [3.8, 4) is 0 Å². The van der Waals surface area contributed by atoms with Gasteiger partial charge in [-0.15, -0.1) is 0 Å². The number of carbonyl (C=O) groups excluding carboxylic acids is 7. The van der Waals surface area contributed by atoms with Crippen LogP contribution in [0.25, 0.3) is 0 Å². The van der Waals surface area contributed by atoms with Crippen molar-refractivity contribution in [3.63, 3.8) is 0 Å². The summed E-state index contributed by atoms with van der Waals surface area (Å²) in [4.78, 5) is 116. The highest BCUT2D eigenvalue weighted by Gasteiger charge is 2.38. The van der Waals surface area contributed by atoms with Gasteiger partial charge in [0.1, 0.15) is 12.1 Å². The molecule has 2 aromatic rings. The molecule has 0 radical (unpaired) electrons. The summed E-state index contributed by atoms with van der Waals surface area (Å²) in [5.74, 6) is -6.85. The number of Topliss-reactive ketones (excluding diaryl/α,β-unsaturated/α-hetero) is 2. The number of amides is 5. The molecule has 386 valence electrons. The van der Waals surface area contributed by atoms with Crippen LogP contribution in [0.3, 0.4) is 0 Å². The molecule has 23 nitrogen and oxygen atoms in total. The molecule has 1 aliphatic heterocycles. The van der Waals surface area contributed by atoms with Gasteiger partial charge in [-0.25, -0.2) is 9.55 Å². The number of imidazole rings is 1. The summed E-state index contributed by atoms with van der Waals surface area (Å²) in [6.45, 7) is 5.22. The lowest BCUT2D eigenvalue weighted by Gasteiger charge is -2.28. The molecule has 0 aliphatic carbocycles. The summed E-state index contributed by atoms with van der Waals surface area (Å²) in [6, 6.07) is 1.16. The number of nitrogens with one attached hydrogen (secondary N) is 4. The summed E-state index contributed by atoms with van der Waals surface area (Å²) in [7, 11) is -4.73.